The second-order valence-electron chi connectivity index (χ2n) is 4.97. The Labute approximate surface area is 117 Å². The van der Waals surface area contributed by atoms with Gasteiger partial charge in [-0.3, -0.25) is 4.79 Å². The minimum Gasteiger partial charge on any atom is -0.494 e. The fraction of sp³-hybridized carbons (Fsp3) is 0.500. The molecule has 0 saturated carbocycles. The number of benzene rings is 1. The minimum atomic E-state index is -0.487. The summed E-state index contributed by atoms with van der Waals surface area (Å²) in [5.74, 6) is -0.473. The van der Waals surface area contributed by atoms with Crippen molar-refractivity contribution in [1.29, 1.82) is 0 Å². The van der Waals surface area contributed by atoms with Crippen LogP contribution in [0.1, 0.15) is 24.9 Å². The minimum absolute atomic E-state index is 0.174. The average Bonchev–Trinajstić information content (AvgIpc) is 2.85. The number of halogens is 1. The third-order valence-corrected chi connectivity index (χ3v) is 3.46. The van der Waals surface area contributed by atoms with Crippen molar-refractivity contribution >= 4 is 5.91 Å². The molecule has 0 unspecified atom stereocenters. The number of aliphatic hydroxyl groups excluding tert-OH is 1. The highest BCUT2D eigenvalue weighted by Crippen LogP contribution is 2.22. The normalized spacial score (nSPS) is 23.4. The van der Waals surface area contributed by atoms with E-state index in [1.165, 1.54) is 19.2 Å². The van der Waals surface area contributed by atoms with Gasteiger partial charge in [0.15, 0.2) is 11.6 Å². The Balaban J connectivity index is 1.99. The highest BCUT2D eigenvalue weighted by atomic mass is 19.1. The van der Waals surface area contributed by atoms with Gasteiger partial charge in [-0.05, 0) is 31.0 Å². The molecule has 1 amide bonds. The van der Waals surface area contributed by atoms with Gasteiger partial charge in [0.2, 0.25) is 5.91 Å². The second-order valence-corrected chi connectivity index (χ2v) is 4.97. The number of nitrogens with one attached hydrogen (secondary N) is 2. The monoisotopic (exact) mass is 282 g/mol. The maximum absolute atomic E-state index is 13.6. The number of rotatable bonds is 4. The van der Waals surface area contributed by atoms with Gasteiger partial charge in [-0.25, -0.2) is 4.39 Å². The quantitative estimate of drug-likeness (QED) is 0.761. The van der Waals surface area contributed by atoms with Crippen LogP contribution in [0.3, 0.4) is 0 Å². The SMILES string of the molecule is COc1ccc([C@H](C)NC(=O)[C@H]2C[C@@H](O)CN2)cc1F. The zero-order valence-corrected chi connectivity index (χ0v) is 11.5. The van der Waals surface area contributed by atoms with Crippen molar-refractivity contribution in [2.45, 2.75) is 31.5 Å². The van der Waals surface area contributed by atoms with Crippen molar-refractivity contribution in [3.8, 4) is 5.75 Å². The molecule has 20 heavy (non-hydrogen) atoms. The summed E-state index contributed by atoms with van der Waals surface area (Å²) in [6.07, 6.45) is -0.0882. The molecule has 0 aliphatic carbocycles. The van der Waals surface area contributed by atoms with Crippen LogP contribution in [-0.2, 0) is 4.79 Å². The third kappa shape index (κ3) is 3.26. The Morgan fingerprint density at radius 2 is 2.35 bits per heavy atom. The van der Waals surface area contributed by atoms with Gasteiger partial charge in [-0.1, -0.05) is 6.07 Å². The lowest BCUT2D eigenvalue weighted by Gasteiger charge is -2.18. The van der Waals surface area contributed by atoms with Crippen LogP contribution in [-0.4, -0.2) is 36.8 Å². The van der Waals surface area contributed by atoms with Crippen LogP contribution in [0.25, 0.3) is 0 Å². The summed E-state index contributed by atoms with van der Waals surface area (Å²) in [6, 6.07) is 3.88. The van der Waals surface area contributed by atoms with Crippen LogP contribution in [0.2, 0.25) is 0 Å². The zero-order chi connectivity index (χ0) is 14.7. The van der Waals surface area contributed by atoms with Crippen molar-refractivity contribution in [1.82, 2.24) is 10.6 Å². The van der Waals surface area contributed by atoms with Gasteiger partial charge in [-0.2, -0.15) is 0 Å². The summed E-state index contributed by atoms with van der Waals surface area (Å²) in [5, 5.41) is 15.1. The lowest BCUT2D eigenvalue weighted by atomic mass is 10.1. The van der Waals surface area contributed by atoms with Gasteiger partial charge < -0.3 is 20.5 Å². The Hall–Kier alpha value is -1.66. The molecule has 1 fully saturated rings. The van der Waals surface area contributed by atoms with E-state index in [1.807, 2.05) is 0 Å². The van der Waals surface area contributed by atoms with Crippen molar-refractivity contribution in [2.24, 2.45) is 0 Å². The third-order valence-electron chi connectivity index (χ3n) is 3.46. The Kier molecular flexibility index (Phi) is 4.57. The molecule has 1 aromatic rings. The predicted octanol–water partition coefficient (Wildman–Crippen LogP) is 0.734. The molecule has 3 N–H and O–H groups in total. The molecule has 0 aromatic heterocycles. The second kappa shape index (κ2) is 6.19. The van der Waals surface area contributed by atoms with Crippen LogP contribution in [0.5, 0.6) is 5.75 Å². The first-order valence-corrected chi connectivity index (χ1v) is 6.56. The molecule has 6 heteroatoms. The van der Waals surface area contributed by atoms with E-state index in [9.17, 15) is 14.3 Å². The number of methoxy groups -OCH3 is 1. The highest BCUT2D eigenvalue weighted by molar-refractivity contribution is 5.82. The van der Waals surface area contributed by atoms with Crippen LogP contribution < -0.4 is 15.4 Å². The van der Waals surface area contributed by atoms with E-state index < -0.39 is 18.0 Å². The van der Waals surface area contributed by atoms with E-state index in [0.29, 0.717) is 18.5 Å². The average molecular weight is 282 g/mol. The molecule has 5 nitrogen and oxygen atoms in total. The van der Waals surface area contributed by atoms with E-state index in [1.54, 1.807) is 13.0 Å². The largest absolute Gasteiger partial charge is 0.494 e. The van der Waals surface area contributed by atoms with Crippen molar-refractivity contribution in [3.05, 3.63) is 29.6 Å². The number of carbonyl (C=O) groups excluding carboxylic acids is 1. The predicted molar refractivity (Wildman–Crippen MR) is 71.9 cm³/mol. The van der Waals surface area contributed by atoms with Crippen LogP contribution in [0.15, 0.2) is 18.2 Å². The van der Waals surface area contributed by atoms with Gasteiger partial charge in [0.1, 0.15) is 0 Å². The first-order valence-electron chi connectivity index (χ1n) is 6.56. The molecule has 110 valence electrons. The maximum atomic E-state index is 13.6. The number of hydrogen-bond donors (Lipinski definition) is 3. The number of aliphatic hydroxyl groups is 1. The molecule has 0 bridgehead atoms. The molecule has 1 aromatic carbocycles. The summed E-state index contributed by atoms with van der Waals surface area (Å²) < 4.78 is 18.5. The number of carbonyl (C=O) groups is 1. The maximum Gasteiger partial charge on any atom is 0.237 e. The van der Waals surface area contributed by atoms with Gasteiger partial charge in [0, 0.05) is 6.54 Å². The van der Waals surface area contributed by atoms with E-state index in [0.717, 1.165) is 0 Å². The number of β-amino-alcohol motifs (C(OH)–C–C–N with tert-alkyl or cyclic N) is 1. The van der Waals surface area contributed by atoms with Crippen molar-refractivity contribution < 1.29 is 19.0 Å². The summed E-state index contributed by atoms with van der Waals surface area (Å²) in [4.78, 5) is 12.0. The zero-order valence-electron chi connectivity index (χ0n) is 11.5. The summed E-state index contributed by atoms with van der Waals surface area (Å²) >= 11 is 0. The summed E-state index contributed by atoms with van der Waals surface area (Å²) in [7, 11) is 1.40. The molecule has 1 aliphatic rings. The smallest absolute Gasteiger partial charge is 0.237 e. The molecule has 0 spiro atoms. The lowest BCUT2D eigenvalue weighted by molar-refractivity contribution is -0.123. The molecule has 0 radical (unpaired) electrons. The molecular formula is C14H19FN2O3. The van der Waals surface area contributed by atoms with Crippen LogP contribution >= 0.6 is 0 Å². The van der Waals surface area contributed by atoms with Gasteiger partial charge in [-0.15, -0.1) is 0 Å². The lowest BCUT2D eigenvalue weighted by Crippen LogP contribution is -2.41. The Bertz CT molecular complexity index is 495. The first-order chi connectivity index (χ1) is 9.51. The van der Waals surface area contributed by atoms with E-state index in [4.69, 9.17) is 4.74 Å². The summed E-state index contributed by atoms with van der Waals surface area (Å²) in [6.45, 7) is 2.20. The van der Waals surface area contributed by atoms with Crippen LogP contribution in [0.4, 0.5) is 4.39 Å². The van der Waals surface area contributed by atoms with Gasteiger partial charge in [0.25, 0.3) is 0 Å². The fourth-order valence-corrected chi connectivity index (χ4v) is 2.27. The number of hydrogen-bond acceptors (Lipinski definition) is 4. The van der Waals surface area contributed by atoms with E-state index >= 15 is 0 Å². The first kappa shape index (κ1) is 14.7. The molecule has 3 atom stereocenters. The number of amides is 1. The molecular weight excluding hydrogens is 263 g/mol. The highest BCUT2D eigenvalue weighted by Gasteiger charge is 2.28. The molecule has 1 heterocycles. The number of ether oxygens (including phenoxy) is 1. The van der Waals surface area contributed by atoms with Crippen molar-refractivity contribution in [3.63, 3.8) is 0 Å². The van der Waals surface area contributed by atoms with Gasteiger partial charge >= 0.3 is 0 Å². The fourth-order valence-electron chi connectivity index (χ4n) is 2.27. The topological polar surface area (TPSA) is 70.6 Å². The standard InChI is InChI=1S/C14H19FN2O3/c1-8(9-3-4-13(20-2)11(15)5-9)17-14(19)12-6-10(18)7-16-12/h3-5,8,10,12,16,18H,6-7H2,1-2H3,(H,17,19)/t8-,10+,12+/m0/s1. The van der Waals surface area contributed by atoms with E-state index in [2.05, 4.69) is 10.6 Å². The Morgan fingerprint density at radius 3 is 2.90 bits per heavy atom. The van der Waals surface area contributed by atoms with E-state index in [-0.39, 0.29) is 17.7 Å². The van der Waals surface area contributed by atoms with Crippen molar-refractivity contribution in [2.75, 3.05) is 13.7 Å². The molecule has 2 rings (SSSR count). The summed E-state index contributed by atoms with van der Waals surface area (Å²) in [5.41, 5.74) is 0.662. The van der Waals surface area contributed by atoms with Crippen LogP contribution in [0, 0.1) is 5.82 Å². The Morgan fingerprint density at radius 1 is 1.60 bits per heavy atom. The van der Waals surface area contributed by atoms with Gasteiger partial charge in [0.05, 0.1) is 25.3 Å². The molecule has 1 saturated heterocycles. The molecule has 1 aliphatic heterocycles.